The van der Waals surface area contributed by atoms with Gasteiger partial charge in [-0.3, -0.25) is 9.78 Å². The minimum absolute atomic E-state index is 0.298. The number of benzene rings is 1. The SMILES string of the molecule is COC(=O)N[C@H](C)C(=O)NCCOc1cccc2cccnc12. The van der Waals surface area contributed by atoms with Gasteiger partial charge >= 0.3 is 6.09 Å². The molecule has 0 saturated carbocycles. The molecule has 23 heavy (non-hydrogen) atoms. The zero-order valence-corrected chi connectivity index (χ0v) is 13.0. The van der Waals surface area contributed by atoms with Crippen molar-refractivity contribution < 1.29 is 19.1 Å². The van der Waals surface area contributed by atoms with Crippen LogP contribution in [0.15, 0.2) is 36.5 Å². The minimum Gasteiger partial charge on any atom is -0.489 e. The van der Waals surface area contributed by atoms with Gasteiger partial charge < -0.3 is 20.1 Å². The van der Waals surface area contributed by atoms with Crippen molar-refractivity contribution in [3.63, 3.8) is 0 Å². The summed E-state index contributed by atoms with van der Waals surface area (Å²) in [5, 5.41) is 6.05. The molecule has 2 amide bonds. The van der Waals surface area contributed by atoms with Gasteiger partial charge in [0.25, 0.3) is 0 Å². The van der Waals surface area contributed by atoms with Crippen LogP contribution in [0.2, 0.25) is 0 Å². The quantitative estimate of drug-likeness (QED) is 0.788. The minimum atomic E-state index is -0.679. The third-order valence-corrected chi connectivity index (χ3v) is 3.17. The summed E-state index contributed by atoms with van der Waals surface area (Å²) in [6, 6.07) is 8.82. The molecule has 0 radical (unpaired) electrons. The highest BCUT2D eigenvalue weighted by atomic mass is 16.5. The van der Waals surface area contributed by atoms with Gasteiger partial charge in [0.15, 0.2) is 0 Å². The number of fused-ring (bicyclic) bond motifs is 1. The van der Waals surface area contributed by atoms with E-state index in [1.165, 1.54) is 7.11 Å². The number of nitrogens with one attached hydrogen (secondary N) is 2. The number of hydrogen-bond acceptors (Lipinski definition) is 5. The van der Waals surface area contributed by atoms with Crippen molar-refractivity contribution in [3.05, 3.63) is 36.5 Å². The van der Waals surface area contributed by atoms with Crippen molar-refractivity contribution in [1.82, 2.24) is 15.6 Å². The van der Waals surface area contributed by atoms with Crippen LogP contribution in [0.3, 0.4) is 0 Å². The van der Waals surface area contributed by atoms with Crippen molar-refractivity contribution in [3.8, 4) is 5.75 Å². The van der Waals surface area contributed by atoms with E-state index in [1.54, 1.807) is 13.1 Å². The first-order valence-corrected chi connectivity index (χ1v) is 7.20. The van der Waals surface area contributed by atoms with Crippen molar-refractivity contribution in [1.29, 1.82) is 0 Å². The Morgan fingerprint density at radius 1 is 1.26 bits per heavy atom. The van der Waals surface area contributed by atoms with Crippen LogP contribution in [0.5, 0.6) is 5.75 Å². The predicted molar refractivity (Wildman–Crippen MR) is 85.3 cm³/mol. The number of aromatic nitrogens is 1. The Morgan fingerprint density at radius 2 is 2.04 bits per heavy atom. The number of rotatable bonds is 6. The van der Waals surface area contributed by atoms with Gasteiger partial charge in [-0.05, 0) is 19.1 Å². The highest BCUT2D eigenvalue weighted by Crippen LogP contribution is 2.22. The Morgan fingerprint density at radius 3 is 2.83 bits per heavy atom. The molecule has 1 atom stereocenters. The van der Waals surface area contributed by atoms with Gasteiger partial charge in [0.1, 0.15) is 23.9 Å². The molecule has 7 heteroatoms. The highest BCUT2D eigenvalue weighted by molar-refractivity contribution is 5.85. The maximum absolute atomic E-state index is 11.8. The second-order valence-corrected chi connectivity index (χ2v) is 4.83. The van der Waals surface area contributed by atoms with Crippen LogP contribution in [0.4, 0.5) is 4.79 Å². The Hall–Kier alpha value is -2.83. The van der Waals surface area contributed by atoms with Crippen molar-refractivity contribution in [2.45, 2.75) is 13.0 Å². The lowest BCUT2D eigenvalue weighted by Gasteiger charge is -2.13. The van der Waals surface area contributed by atoms with E-state index >= 15 is 0 Å². The molecule has 7 nitrogen and oxygen atoms in total. The van der Waals surface area contributed by atoms with Gasteiger partial charge in [0.05, 0.1) is 13.7 Å². The lowest BCUT2D eigenvalue weighted by molar-refractivity contribution is -0.122. The number of amides is 2. The summed E-state index contributed by atoms with van der Waals surface area (Å²) in [5.74, 6) is 0.355. The van der Waals surface area contributed by atoms with E-state index in [-0.39, 0.29) is 5.91 Å². The summed E-state index contributed by atoms with van der Waals surface area (Å²) in [6.45, 7) is 2.18. The monoisotopic (exact) mass is 317 g/mol. The lowest BCUT2D eigenvalue weighted by Crippen LogP contribution is -2.45. The number of hydrogen-bond donors (Lipinski definition) is 2. The lowest BCUT2D eigenvalue weighted by atomic mass is 10.2. The fourth-order valence-corrected chi connectivity index (χ4v) is 1.98. The number of pyridine rings is 1. The third kappa shape index (κ3) is 4.57. The Bertz CT molecular complexity index is 685. The Balaban J connectivity index is 1.81. The van der Waals surface area contributed by atoms with E-state index in [2.05, 4.69) is 20.4 Å². The zero-order valence-electron chi connectivity index (χ0n) is 13.0. The number of methoxy groups -OCH3 is 1. The Kier molecular flexibility index (Phi) is 5.74. The molecule has 0 aliphatic heterocycles. The van der Waals surface area contributed by atoms with Crippen LogP contribution in [0.1, 0.15) is 6.92 Å². The average molecular weight is 317 g/mol. The van der Waals surface area contributed by atoms with E-state index in [1.807, 2.05) is 30.3 Å². The summed E-state index contributed by atoms with van der Waals surface area (Å²) in [5.41, 5.74) is 0.780. The maximum atomic E-state index is 11.8. The standard InChI is InChI=1S/C16H19N3O4/c1-11(19-16(21)22-2)15(20)18-9-10-23-13-7-3-5-12-6-4-8-17-14(12)13/h3-8,11H,9-10H2,1-2H3,(H,18,20)(H,19,21)/t11-/m1/s1. The molecule has 0 saturated heterocycles. The molecule has 2 aromatic rings. The van der Waals surface area contributed by atoms with Crippen LogP contribution in [-0.2, 0) is 9.53 Å². The Labute approximate surface area is 134 Å². The number of nitrogens with zero attached hydrogens (tertiary/aromatic N) is 1. The van der Waals surface area contributed by atoms with Gasteiger partial charge in [-0.2, -0.15) is 0 Å². The fourth-order valence-electron chi connectivity index (χ4n) is 1.98. The second-order valence-electron chi connectivity index (χ2n) is 4.83. The molecular weight excluding hydrogens is 298 g/mol. The fraction of sp³-hybridized carbons (Fsp3) is 0.312. The molecule has 0 bridgehead atoms. The summed E-state index contributed by atoms with van der Waals surface area (Å²) < 4.78 is 10.1. The normalized spacial score (nSPS) is 11.6. The summed E-state index contributed by atoms with van der Waals surface area (Å²) in [4.78, 5) is 27.1. The second kappa shape index (κ2) is 7.98. The largest absolute Gasteiger partial charge is 0.489 e. The number of ether oxygens (including phenoxy) is 2. The zero-order chi connectivity index (χ0) is 16.7. The van der Waals surface area contributed by atoms with Crippen LogP contribution < -0.4 is 15.4 Å². The van der Waals surface area contributed by atoms with E-state index < -0.39 is 12.1 Å². The van der Waals surface area contributed by atoms with Gasteiger partial charge in [0.2, 0.25) is 5.91 Å². The molecule has 1 aromatic carbocycles. The van der Waals surface area contributed by atoms with Crippen molar-refractivity contribution in [2.24, 2.45) is 0 Å². The van der Waals surface area contributed by atoms with E-state index in [4.69, 9.17) is 4.74 Å². The topological polar surface area (TPSA) is 89.5 Å². The molecule has 0 fully saturated rings. The van der Waals surface area contributed by atoms with Crippen LogP contribution in [0, 0.1) is 0 Å². The molecular formula is C16H19N3O4. The van der Waals surface area contributed by atoms with Crippen molar-refractivity contribution >= 4 is 22.9 Å². The van der Waals surface area contributed by atoms with Gasteiger partial charge in [-0.1, -0.05) is 18.2 Å². The summed E-state index contributed by atoms with van der Waals surface area (Å²) in [7, 11) is 1.24. The van der Waals surface area contributed by atoms with Crippen LogP contribution >= 0.6 is 0 Å². The molecule has 2 rings (SSSR count). The van der Waals surface area contributed by atoms with E-state index in [0.29, 0.717) is 18.9 Å². The number of para-hydroxylation sites is 1. The molecule has 122 valence electrons. The molecule has 0 spiro atoms. The van der Waals surface area contributed by atoms with E-state index in [0.717, 1.165) is 10.9 Å². The molecule has 0 aliphatic rings. The maximum Gasteiger partial charge on any atom is 0.407 e. The van der Waals surface area contributed by atoms with Gasteiger partial charge in [0, 0.05) is 11.6 Å². The highest BCUT2D eigenvalue weighted by Gasteiger charge is 2.15. The average Bonchev–Trinajstić information content (AvgIpc) is 2.58. The van der Waals surface area contributed by atoms with Crippen LogP contribution in [0.25, 0.3) is 10.9 Å². The molecule has 1 heterocycles. The van der Waals surface area contributed by atoms with E-state index in [9.17, 15) is 9.59 Å². The smallest absolute Gasteiger partial charge is 0.407 e. The predicted octanol–water partition coefficient (Wildman–Crippen LogP) is 1.47. The number of alkyl carbamates (subject to hydrolysis) is 1. The van der Waals surface area contributed by atoms with Gasteiger partial charge in [-0.25, -0.2) is 4.79 Å². The number of carbonyl (C=O) groups is 2. The first kappa shape index (κ1) is 16.5. The molecule has 1 aromatic heterocycles. The number of carbonyl (C=O) groups excluding carboxylic acids is 2. The van der Waals surface area contributed by atoms with Crippen molar-refractivity contribution in [2.75, 3.05) is 20.3 Å². The molecule has 0 aliphatic carbocycles. The first-order chi connectivity index (χ1) is 11.1. The third-order valence-electron chi connectivity index (χ3n) is 3.17. The first-order valence-electron chi connectivity index (χ1n) is 7.20. The molecule has 2 N–H and O–H groups in total. The van der Waals surface area contributed by atoms with Gasteiger partial charge in [-0.15, -0.1) is 0 Å². The molecule has 0 unspecified atom stereocenters. The van der Waals surface area contributed by atoms with Crippen LogP contribution in [-0.4, -0.2) is 43.3 Å². The summed E-state index contributed by atoms with van der Waals surface area (Å²) in [6.07, 6.45) is 1.06. The summed E-state index contributed by atoms with van der Waals surface area (Å²) >= 11 is 0.